The van der Waals surface area contributed by atoms with Crippen LogP contribution < -0.4 is 14.4 Å². The molecule has 1 N–H and O–H groups in total. The number of carbonyl (C=O) groups is 2. The first kappa shape index (κ1) is 31.7. The first-order valence-corrected chi connectivity index (χ1v) is 15.1. The molecule has 0 aromatic heterocycles. The lowest BCUT2D eigenvalue weighted by molar-refractivity contribution is -0.141. The lowest BCUT2D eigenvalue weighted by Crippen LogP contribution is -2.55. The Morgan fingerprint density at radius 3 is 2.12 bits per heavy atom. The maximum absolute atomic E-state index is 14.2. The van der Waals surface area contributed by atoms with Gasteiger partial charge in [-0.25, -0.2) is 8.42 Å². The van der Waals surface area contributed by atoms with E-state index in [0.29, 0.717) is 17.9 Å². The van der Waals surface area contributed by atoms with Crippen LogP contribution in [0.4, 0.5) is 5.69 Å². The van der Waals surface area contributed by atoms with E-state index in [-0.39, 0.29) is 17.3 Å². The number of nitrogens with zero attached hydrogens (tertiary/aromatic N) is 2. The number of methoxy groups -OCH3 is 1. The molecule has 2 amide bonds. The quantitative estimate of drug-likeness (QED) is 0.336. The normalized spacial score (nSPS) is 12.4. The monoisotopic (exact) mass is 579 g/mol. The summed E-state index contributed by atoms with van der Waals surface area (Å²) in [6.07, 6.45) is 0.340. The van der Waals surface area contributed by atoms with Gasteiger partial charge in [0.05, 0.1) is 17.7 Å². The number of benzene rings is 3. The standard InChI is InChI=1S/C32H41N3O5S/c1-8-29(31(37)33-32(4,5)6)34(21-25-13-12-14-27(20-25)40-7)30(36)22-35(26-18-23(2)17-24(3)19-26)41(38,39)28-15-10-9-11-16-28/h9-20,29H,8,21-22H2,1-7H3,(H,33,37)/t29-/m1/s1. The van der Waals surface area contributed by atoms with E-state index in [1.165, 1.54) is 17.0 Å². The number of carbonyl (C=O) groups excluding carboxylic acids is 2. The van der Waals surface area contributed by atoms with Crippen molar-refractivity contribution in [2.75, 3.05) is 18.0 Å². The fraction of sp³-hybridized carbons (Fsp3) is 0.375. The van der Waals surface area contributed by atoms with E-state index < -0.39 is 34.1 Å². The number of hydrogen-bond acceptors (Lipinski definition) is 5. The van der Waals surface area contributed by atoms with E-state index in [4.69, 9.17) is 4.74 Å². The molecule has 220 valence electrons. The summed E-state index contributed by atoms with van der Waals surface area (Å²) in [5.41, 5.74) is 2.35. The number of ether oxygens (including phenoxy) is 1. The van der Waals surface area contributed by atoms with Crippen LogP contribution >= 0.6 is 0 Å². The number of amides is 2. The predicted molar refractivity (Wildman–Crippen MR) is 162 cm³/mol. The molecule has 0 saturated carbocycles. The van der Waals surface area contributed by atoms with Gasteiger partial charge in [0, 0.05) is 12.1 Å². The largest absolute Gasteiger partial charge is 0.497 e. The SMILES string of the molecule is CC[C@H](C(=O)NC(C)(C)C)N(Cc1cccc(OC)c1)C(=O)CN(c1cc(C)cc(C)c1)S(=O)(=O)c1ccccc1. The smallest absolute Gasteiger partial charge is 0.264 e. The first-order chi connectivity index (χ1) is 19.2. The zero-order valence-electron chi connectivity index (χ0n) is 25.0. The van der Waals surface area contributed by atoms with Crippen molar-refractivity contribution in [1.82, 2.24) is 10.2 Å². The minimum absolute atomic E-state index is 0.0730. The van der Waals surface area contributed by atoms with Gasteiger partial charge in [-0.3, -0.25) is 13.9 Å². The average molecular weight is 580 g/mol. The lowest BCUT2D eigenvalue weighted by atomic mass is 10.1. The van der Waals surface area contributed by atoms with Gasteiger partial charge < -0.3 is 15.0 Å². The summed E-state index contributed by atoms with van der Waals surface area (Å²) in [5, 5.41) is 2.98. The van der Waals surface area contributed by atoms with Gasteiger partial charge in [0.15, 0.2) is 0 Å². The maximum Gasteiger partial charge on any atom is 0.264 e. The summed E-state index contributed by atoms with van der Waals surface area (Å²) < 4.78 is 34.5. The van der Waals surface area contributed by atoms with Crippen LogP contribution in [0.1, 0.15) is 50.8 Å². The van der Waals surface area contributed by atoms with Crippen LogP contribution in [0.2, 0.25) is 0 Å². The van der Waals surface area contributed by atoms with Crippen molar-refractivity contribution in [3.8, 4) is 5.75 Å². The minimum Gasteiger partial charge on any atom is -0.497 e. The molecule has 3 aromatic rings. The number of sulfonamides is 1. The molecule has 1 atom stereocenters. The van der Waals surface area contributed by atoms with Crippen molar-refractivity contribution in [3.63, 3.8) is 0 Å². The number of aryl methyl sites for hydroxylation is 2. The van der Waals surface area contributed by atoms with Crippen molar-refractivity contribution < 1.29 is 22.7 Å². The van der Waals surface area contributed by atoms with Crippen LogP contribution in [0.15, 0.2) is 77.7 Å². The number of hydrogen-bond donors (Lipinski definition) is 1. The zero-order chi connectivity index (χ0) is 30.4. The molecule has 0 aliphatic rings. The second-order valence-electron chi connectivity index (χ2n) is 11.2. The molecule has 0 aliphatic carbocycles. The van der Waals surface area contributed by atoms with Crippen LogP contribution in [0, 0.1) is 13.8 Å². The molecule has 0 fully saturated rings. The third kappa shape index (κ3) is 8.33. The summed E-state index contributed by atoms with van der Waals surface area (Å²) in [4.78, 5) is 29.2. The van der Waals surface area contributed by atoms with Crippen molar-refractivity contribution in [1.29, 1.82) is 0 Å². The Bertz CT molecular complexity index is 1450. The molecule has 0 bridgehead atoms. The number of rotatable bonds is 11. The van der Waals surface area contributed by atoms with Crippen LogP contribution in [-0.2, 0) is 26.2 Å². The van der Waals surface area contributed by atoms with E-state index in [2.05, 4.69) is 5.32 Å². The van der Waals surface area contributed by atoms with Gasteiger partial charge in [-0.1, -0.05) is 43.3 Å². The summed E-state index contributed by atoms with van der Waals surface area (Å²) in [6.45, 7) is 10.8. The summed E-state index contributed by atoms with van der Waals surface area (Å²) in [6, 6.07) is 19.9. The second kappa shape index (κ2) is 13.2. The van der Waals surface area contributed by atoms with E-state index in [1.807, 2.05) is 59.7 Å². The Morgan fingerprint density at radius 1 is 0.927 bits per heavy atom. The predicted octanol–water partition coefficient (Wildman–Crippen LogP) is 5.23. The molecule has 0 unspecified atom stereocenters. The highest BCUT2D eigenvalue weighted by Gasteiger charge is 2.34. The minimum atomic E-state index is -4.12. The molecule has 3 rings (SSSR count). The van der Waals surface area contributed by atoms with Crippen LogP contribution in [0.25, 0.3) is 0 Å². The fourth-order valence-corrected chi connectivity index (χ4v) is 6.10. The highest BCUT2D eigenvalue weighted by Crippen LogP contribution is 2.27. The number of anilines is 1. The van der Waals surface area contributed by atoms with Crippen molar-refractivity contribution in [2.45, 2.75) is 71.0 Å². The van der Waals surface area contributed by atoms with Crippen molar-refractivity contribution in [2.24, 2.45) is 0 Å². The molecule has 41 heavy (non-hydrogen) atoms. The Balaban J connectivity index is 2.10. The third-order valence-electron chi connectivity index (χ3n) is 6.48. The van der Waals surface area contributed by atoms with Crippen molar-refractivity contribution >= 4 is 27.5 Å². The van der Waals surface area contributed by atoms with E-state index in [0.717, 1.165) is 21.0 Å². The molecule has 0 spiro atoms. The second-order valence-corrected chi connectivity index (χ2v) is 13.1. The molecule has 0 aliphatic heterocycles. The van der Waals surface area contributed by atoms with Gasteiger partial charge in [-0.05, 0) is 94.1 Å². The average Bonchev–Trinajstić information content (AvgIpc) is 2.90. The molecule has 0 radical (unpaired) electrons. The molecule has 0 saturated heterocycles. The zero-order valence-corrected chi connectivity index (χ0v) is 25.8. The molecular formula is C32H41N3O5S. The van der Waals surface area contributed by atoms with E-state index in [9.17, 15) is 18.0 Å². The highest BCUT2D eigenvalue weighted by atomic mass is 32.2. The van der Waals surface area contributed by atoms with Gasteiger partial charge in [0.1, 0.15) is 18.3 Å². The van der Waals surface area contributed by atoms with Gasteiger partial charge >= 0.3 is 0 Å². The number of nitrogens with one attached hydrogen (secondary N) is 1. The topological polar surface area (TPSA) is 96.0 Å². The Kier molecular flexibility index (Phi) is 10.2. The van der Waals surface area contributed by atoms with Crippen LogP contribution in [-0.4, -0.2) is 50.4 Å². The third-order valence-corrected chi connectivity index (χ3v) is 8.26. The molecule has 8 nitrogen and oxygen atoms in total. The Morgan fingerprint density at radius 2 is 1.56 bits per heavy atom. The van der Waals surface area contributed by atoms with Gasteiger partial charge in [0.2, 0.25) is 11.8 Å². The van der Waals surface area contributed by atoms with Gasteiger partial charge in [-0.2, -0.15) is 0 Å². The summed E-state index contributed by atoms with van der Waals surface area (Å²) in [5.74, 6) is -0.187. The van der Waals surface area contributed by atoms with E-state index >= 15 is 0 Å². The van der Waals surface area contributed by atoms with Gasteiger partial charge in [0.25, 0.3) is 10.0 Å². The summed E-state index contributed by atoms with van der Waals surface area (Å²) >= 11 is 0. The fourth-order valence-electron chi connectivity index (χ4n) is 4.68. The van der Waals surface area contributed by atoms with Crippen molar-refractivity contribution in [3.05, 3.63) is 89.5 Å². The van der Waals surface area contributed by atoms with Gasteiger partial charge in [-0.15, -0.1) is 0 Å². The molecule has 9 heteroatoms. The van der Waals surface area contributed by atoms with E-state index in [1.54, 1.807) is 49.6 Å². The summed E-state index contributed by atoms with van der Waals surface area (Å²) in [7, 11) is -2.56. The highest BCUT2D eigenvalue weighted by molar-refractivity contribution is 7.92. The van der Waals surface area contributed by atoms with Crippen LogP contribution in [0.5, 0.6) is 5.75 Å². The molecule has 0 heterocycles. The molecule has 3 aromatic carbocycles. The molecular weight excluding hydrogens is 538 g/mol. The maximum atomic E-state index is 14.2. The lowest BCUT2D eigenvalue weighted by Gasteiger charge is -2.35. The Labute approximate surface area is 244 Å². The Hall–Kier alpha value is -3.85. The van der Waals surface area contributed by atoms with Crippen LogP contribution in [0.3, 0.4) is 0 Å². The first-order valence-electron chi connectivity index (χ1n) is 13.7.